The first kappa shape index (κ1) is 18.9. The predicted molar refractivity (Wildman–Crippen MR) is 105 cm³/mol. The van der Waals surface area contributed by atoms with Gasteiger partial charge in [0.2, 0.25) is 0 Å². The van der Waals surface area contributed by atoms with E-state index in [2.05, 4.69) is 17.0 Å². The number of hydrogen-bond donors (Lipinski definition) is 0. The Kier molecular flexibility index (Phi) is 6.21. The minimum absolute atomic E-state index is 0.0779. The summed E-state index contributed by atoms with van der Waals surface area (Å²) in [7, 11) is 0. The summed E-state index contributed by atoms with van der Waals surface area (Å²) >= 11 is 0. The standard InChI is InChI=1S/C22H26N2O4/c25-22(24-10-12-26-13-11-24)21-17-23(9-14-27-21)16-18-5-4-8-20(15-18)28-19-6-2-1-3-7-19/h1-8,15,21H,9-14,16-17H2/t21-/m1/s1. The molecule has 0 radical (unpaired) electrons. The van der Waals surface area contributed by atoms with Crippen molar-refractivity contribution < 1.29 is 19.0 Å². The molecular weight excluding hydrogens is 356 g/mol. The Morgan fingerprint density at radius 1 is 0.964 bits per heavy atom. The number of carbonyl (C=O) groups excluding carboxylic acids is 1. The fraction of sp³-hybridized carbons (Fsp3) is 0.409. The lowest BCUT2D eigenvalue weighted by Crippen LogP contribution is -2.53. The largest absolute Gasteiger partial charge is 0.457 e. The molecule has 2 aliphatic heterocycles. The number of carbonyl (C=O) groups is 1. The number of benzene rings is 2. The highest BCUT2D eigenvalue weighted by molar-refractivity contribution is 5.81. The molecule has 0 unspecified atom stereocenters. The van der Waals surface area contributed by atoms with Crippen molar-refractivity contribution in [1.29, 1.82) is 0 Å². The summed E-state index contributed by atoms with van der Waals surface area (Å²) in [5.74, 6) is 1.72. The molecule has 0 aliphatic carbocycles. The molecule has 2 heterocycles. The van der Waals surface area contributed by atoms with Gasteiger partial charge in [-0.05, 0) is 29.8 Å². The molecule has 2 aromatic rings. The normalized spacial score (nSPS) is 20.7. The summed E-state index contributed by atoms with van der Waals surface area (Å²) in [4.78, 5) is 16.8. The van der Waals surface area contributed by atoms with Gasteiger partial charge in [0, 0.05) is 32.7 Å². The second kappa shape index (κ2) is 9.19. The van der Waals surface area contributed by atoms with Crippen LogP contribution < -0.4 is 4.74 Å². The number of nitrogens with zero attached hydrogens (tertiary/aromatic N) is 2. The number of ether oxygens (including phenoxy) is 3. The van der Waals surface area contributed by atoms with Crippen LogP contribution >= 0.6 is 0 Å². The van der Waals surface area contributed by atoms with Crippen LogP contribution in [0.25, 0.3) is 0 Å². The third kappa shape index (κ3) is 4.90. The van der Waals surface area contributed by atoms with E-state index in [4.69, 9.17) is 14.2 Å². The molecule has 0 aromatic heterocycles. The van der Waals surface area contributed by atoms with E-state index in [-0.39, 0.29) is 5.91 Å². The van der Waals surface area contributed by atoms with Gasteiger partial charge in [0.1, 0.15) is 17.6 Å². The number of para-hydroxylation sites is 1. The average Bonchev–Trinajstić information content (AvgIpc) is 2.75. The summed E-state index contributed by atoms with van der Waals surface area (Å²) in [6, 6.07) is 17.9. The smallest absolute Gasteiger partial charge is 0.253 e. The highest BCUT2D eigenvalue weighted by Gasteiger charge is 2.31. The molecule has 2 aliphatic rings. The summed E-state index contributed by atoms with van der Waals surface area (Å²) in [5.41, 5.74) is 1.16. The summed E-state index contributed by atoms with van der Waals surface area (Å²) < 4.78 is 17.0. The van der Waals surface area contributed by atoms with Crippen molar-refractivity contribution >= 4 is 5.91 Å². The zero-order valence-electron chi connectivity index (χ0n) is 16.0. The second-order valence-corrected chi connectivity index (χ2v) is 7.09. The third-order valence-electron chi connectivity index (χ3n) is 5.03. The lowest BCUT2D eigenvalue weighted by atomic mass is 10.1. The molecule has 0 spiro atoms. The zero-order valence-corrected chi connectivity index (χ0v) is 16.0. The summed E-state index contributed by atoms with van der Waals surface area (Å²) in [6.07, 6.45) is -0.393. The molecule has 1 amide bonds. The van der Waals surface area contributed by atoms with Crippen molar-refractivity contribution in [3.8, 4) is 11.5 Å². The van der Waals surface area contributed by atoms with E-state index in [1.54, 1.807) is 0 Å². The van der Waals surface area contributed by atoms with Crippen LogP contribution in [0, 0.1) is 0 Å². The summed E-state index contributed by atoms with van der Waals surface area (Å²) in [6.45, 7) is 5.28. The zero-order chi connectivity index (χ0) is 19.2. The van der Waals surface area contributed by atoms with Crippen LogP contribution in [-0.4, -0.2) is 67.8 Å². The van der Waals surface area contributed by atoms with Crippen molar-refractivity contribution in [3.63, 3.8) is 0 Å². The molecule has 6 nitrogen and oxygen atoms in total. The van der Waals surface area contributed by atoms with Gasteiger partial charge in [-0.1, -0.05) is 30.3 Å². The van der Waals surface area contributed by atoms with E-state index in [1.807, 2.05) is 47.4 Å². The van der Waals surface area contributed by atoms with Crippen LogP contribution in [0.2, 0.25) is 0 Å². The van der Waals surface area contributed by atoms with E-state index in [1.165, 1.54) is 0 Å². The molecule has 148 valence electrons. The van der Waals surface area contributed by atoms with E-state index in [0.29, 0.717) is 39.5 Å². The molecule has 28 heavy (non-hydrogen) atoms. The Morgan fingerprint density at radius 3 is 2.57 bits per heavy atom. The van der Waals surface area contributed by atoms with Gasteiger partial charge in [0.05, 0.1) is 19.8 Å². The highest BCUT2D eigenvalue weighted by Crippen LogP contribution is 2.23. The van der Waals surface area contributed by atoms with Crippen molar-refractivity contribution in [2.45, 2.75) is 12.6 Å². The number of amides is 1. The fourth-order valence-electron chi connectivity index (χ4n) is 3.57. The van der Waals surface area contributed by atoms with Gasteiger partial charge in [-0.25, -0.2) is 0 Å². The molecule has 0 saturated carbocycles. The Bertz CT molecular complexity index is 777. The van der Waals surface area contributed by atoms with Gasteiger partial charge in [-0.3, -0.25) is 9.69 Å². The van der Waals surface area contributed by atoms with Crippen molar-refractivity contribution in [1.82, 2.24) is 9.80 Å². The number of hydrogen-bond acceptors (Lipinski definition) is 5. The van der Waals surface area contributed by atoms with Gasteiger partial charge in [0.15, 0.2) is 0 Å². The monoisotopic (exact) mass is 382 g/mol. The molecule has 2 fully saturated rings. The minimum atomic E-state index is -0.393. The van der Waals surface area contributed by atoms with E-state index >= 15 is 0 Å². The molecule has 0 N–H and O–H groups in total. The molecule has 0 bridgehead atoms. The van der Waals surface area contributed by atoms with Crippen LogP contribution in [0.3, 0.4) is 0 Å². The quantitative estimate of drug-likeness (QED) is 0.796. The maximum absolute atomic E-state index is 12.7. The molecule has 2 aromatic carbocycles. The van der Waals surface area contributed by atoms with Gasteiger partial charge in [0.25, 0.3) is 5.91 Å². The van der Waals surface area contributed by atoms with Crippen LogP contribution in [0.4, 0.5) is 0 Å². The van der Waals surface area contributed by atoms with Crippen LogP contribution in [0.1, 0.15) is 5.56 Å². The highest BCUT2D eigenvalue weighted by atomic mass is 16.5. The second-order valence-electron chi connectivity index (χ2n) is 7.09. The van der Waals surface area contributed by atoms with Gasteiger partial charge in [-0.15, -0.1) is 0 Å². The van der Waals surface area contributed by atoms with Crippen LogP contribution in [0.15, 0.2) is 54.6 Å². The topological polar surface area (TPSA) is 51.2 Å². The average molecular weight is 382 g/mol. The first-order valence-corrected chi connectivity index (χ1v) is 9.80. The van der Waals surface area contributed by atoms with Gasteiger partial charge in [-0.2, -0.15) is 0 Å². The molecule has 4 rings (SSSR count). The van der Waals surface area contributed by atoms with E-state index in [0.717, 1.165) is 30.2 Å². The first-order chi connectivity index (χ1) is 13.8. The Balaban J connectivity index is 1.36. The van der Waals surface area contributed by atoms with Crippen molar-refractivity contribution in [3.05, 3.63) is 60.2 Å². The molecular formula is C22H26N2O4. The molecule has 2 saturated heterocycles. The summed E-state index contributed by atoms with van der Waals surface area (Å²) in [5, 5.41) is 0. The van der Waals surface area contributed by atoms with E-state index in [9.17, 15) is 4.79 Å². The van der Waals surface area contributed by atoms with Gasteiger partial charge < -0.3 is 19.1 Å². The Hall–Kier alpha value is -2.41. The third-order valence-corrected chi connectivity index (χ3v) is 5.03. The first-order valence-electron chi connectivity index (χ1n) is 9.80. The Labute approximate surface area is 165 Å². The minimum Gasteiger partial charge on any atom is -0.457 e. The van der Waals surface area contributed by atoms with Crippen LogP contribution in [-0.2, 0) is 20.8 Å². The molecule has 6 heteroatoms. The maximum atomic E-state index is 12.7. The molecule has 1 atom stereocenters. The van der Waals surface area contributed by atoms with Crippen molar-refractivity contribution in [2.75, 3.05) is 46.0 Å². The number of morpholine rings is 2. The fourth-order valence-corrected chi connectivity index (χ4v) is 3.57. The van der Waals surface area contributed by atoms with E-state index < -0.39 is 6.10 Å². The lowest BCUT2D eigenvalue weighted by Gasteiger charge is -2.36. The van der Waals surface area contributed by atoms with Crippen LogP contribution in [0.5, 0.6) is 11.5 Å². The lowest BCUT2D eigenvalue weighted by molar-refractivity contribution is -0.153. The number of rotatable bonds is 5. The Morgan fingerprint density at radius 2 is 1.75 bits per heavy atom. The van der Waals surface area contributed by atoms with Crippen molar-refractivity contribution in [2.24, 2.45) is 0 Å². The predicted octanol–water partition coefficient (Wildman–Crippen LogP) is 2.54. The van der Waals surface area contributed by atoms with Gasteiger partial charge >= 0.3 is 0 Å². The maximum Gasteiger partial charge on any atom is 0.253 e. The SMILES string of the molecule is O=C([C@H]1CN(Cc2cccc(Oc3ccccc3)c2)CCO1)N1CCOCC1.